The summed E-state index contributed by atoms with van der Waals surface area (Å²) >= 11 is 0. The average molecular weight is 466 g/mol. The maximum Gasteiger partial charge on any atom is 0.323 e. The van der Waals surface area contributed by atoms with Crippen LogP contribution in [0.1, 0.15) is 55.5 Å². The van der Waals surface area contributed by atoms with Crippen molar-refractivity contribution in [3.63, 3.8) is 0 Å². The molecule has 1 unspecified atom stereocenters. The van der Waals surface area contributed by atoms with Gasteiger partial charge in [-0.1, -0.05) is 19.9 Å². The van der Waals surface area contributed by atoms with Crippen LogP contribution in [0, 0.1) is 30.1 Å². The maximum absolute atomic E-state index is 11.6. The fourth-order valence-electron chi connectivity index (χ4n) is 5.88. The summed E-state index contributed by atoms with van der Waals surface area (Å²) in [6.07, 6.45) is 4.79. The number of carbonyl (C=O) groups excluding carboxylic acids is 1. The van der Waals surface area contributed by atoms with Crippen molar-refractivity contribution < 1.29 is 9.53 Å². The van der Waals surface area contributed by atoms with Gasteiger partial charge in [-0.25, -0.2) is 0 Å². The predicted molar refractivity (Wildman–Crippen MR) is 131 cm³/mol. The average Bonchev–Trinajstić information content (AvgIpc) is 3.32. The van der Waals surface area contributed by atoms with E-state index >= 15 is 0 Å². The molecule has 9 nitrogen and oxygen atoms in total. The van der Waals surface area contributed by atoms with Gasteiger partial charge in [-0.05, 0) is 80.0 Å². The van der Waals surface area contributed by atoms with Crippen LogP contribution in [0.15, 0.2) is 18.2 Å². The highest BCUT2D eigenvalue weighted by molar-refractivity contribution is 5.94. The molecule has 2 aromatic rings. The van der Waals surface area contributed by atoms with Crippen LogP contribution in [-0.4, -0.2) is 46.6 Å². The molecule has 9 heteroatoms. The number of hydrogen-bond acceptors (Lipinski definition) is 8. The second kappa shape index (κ2) is 9.02. The predicted octanol–water partition coefficient (Wildman–Crippen LogP) is 3.25. The Morgan fingerprint density at radius 2 is 2.03 bits per heavy atom. The lowest BCUT2D eigenvalue weighted by molar-refractivity contribution is -0.114. The summed E-state index contributed by atoms with van der Waals surface area (Å²) in [7, 11) is 0. The molecule has 4 fully saturated rings. The van der Waals surface area contributed by atoms with Gasteiger partial charge in [0.25, 0.3) is 0 Å². The third-order valence-electron chi connectivity index (χ3n) is 8.20. The summed E-state index contributed by atoms with van der Waals surface area (Å²) in [5, 5.41) is 9.98. The Labute approximate surface area is 200 Å². The van der Waals surface area contributed by atoms with E-state index in [1.165, 1.54) is 19.3 Å². The molecule has 1 aliphatic heterocycles. The van der Waals surface area contributed by atoms with Crippen LogP contribution in [0.4, 0.5) is 17.6 Å². The molecule has 182 valence electrons. The van der Waals surface area contributed by atoms with Gasteiger partial charge in [0.15, 0.2) is 0 Å². The SMILES string of the molecule is Cc1ccc(C(N)=O)cc1Nc1nc(N[C@@H]2CCNC2)nc(OC[C@H]2CCC3C[C@H]2C3(C)C)n1. The number of aromatic nitrogens is 3. The van der Waals surface area contributed by atoms with E-state index in [0.717, 1.165) is 36.7 Å². The molecule has 4 aliphatic rings. The zero-order valence-electron chi connectivity index (χ0n) is 20.2. The third-order valence-corrected chi connectivity index (χ3v) is 8.20. The third kappa shape index (κ3) is 4.53. The zero-order chi connectivity index (χ0) is 23.9. The number of carbonyl (C=O) groups is 1. The number of amides is 1. The van der Waals surface area contributed by atoms with Gasteiger partial charge in [0, 0.05) is 23.8 Å². The summed E-state index contributed by atoms with van der Waals surface area (Å²) < 4.78 is 6.18. The molecule has 0 radical (unpaired) electrons. The van der Waals surface area contributed by atoms with Crippen molar-refractivity contribution in [2.75, 3.05) is 30.3 Å². The van der Waals surface area contributed by atoms with Crippen molar-refractivity contribution >= 4 is 23.5 Å². The Hall–Kier alpha value is -2.94. The number of hydrogen-bond donors (Lipinski definition) is 4. The first-order chi connectivity index (χ1) is 16.3. The largest absolute Gasteiger partial charge is 0.463 e. The number of nitrogens with two attached hydrogens (primary N) is 1. The molecule has 4 atom stereocenters. The lowest BCUT2D eigenvalue weighted by Gasteiger charge is -2.60. The molecular weight excluding hydrogens is 430 g/mol. The highest BCUT2D eigenvalue weighted by Gasteiger charge is 2.54. The van der Waals surface area contributed by atoms with Crippen molar-refractivity contribution in [1.29, 1.82) is 0 Å². The van der Waals surface area contributed by atoms with Crippen molar-refractivity contribution in [3.05, 3.63) is 29.3 Å². The highest BCUT2D eigenvalue weighted by Crippen LogP contribution is 2.61. The number of nitrogens with zero attached hydrogens (tertiary/aromatic N) is 3. The molecule has 3 aliphatic carbocycles. The summed E-state index contributed by atoms with van der Waals surface area (Å²) in [4.78, 5) is 25.3. The molecule has 6 rings (SSSR count). The minimum Gasteiger partial charge on any atom is -0.463 e. The smallest absolute Gasteiger partial charge is 0.323 e. The van der Waals surface area contributed by atoms with E-state index in [-0.39, 0.29) is 6.04 Å². The number of primary amides is 1. The Morgan fingerprint density at radius 3 is 2.74 bits per heavy atom. The maximum atomic E-state index is 11.6. The number of fused-ring (bicyclic) bond motifs is 2. The Bertz CT molecular complexity index is 1070. The number of nitrogens with one attached hydrogen (secondary N) is 3. The topological polar surface area (TPSA) is 127 Å². The first-order valence-corrected chi connectivity index (χ1v) is 12.3. The van der Waals surface area contributed by atoms with Crippen molar-refractivity contribution in [3.8, 4) is 6.01 Å². The van der Waals surface area contributed by atoms with E-state index in [1.54, 1.807) is 12.1 Å². The molecule has 0 spiro atoms. The molecule has 1 saturated heterocycles. The second-order valence-electron chi connectivity index (χ2n) is 10.6. The first kappa shape index (κ1) is 22.8. The first-order valence-electron chi connectivity index (χ1n) is 12.3. The highest BCUT2D eigenvalue weighted by atomic mass is 16.5. The van der Waals surface area contributed by atoms with Gasteiger partial charge in [0.05, 0.1) is 6.61 Å². The summed E-state index contributed by atoms with van der Waals surface area (Å²) in [6, 6.07) is 5.85. The number of aryl methyl sites for hydroxylation is 1. The van der Waals surface area contributed by atoms with Gasteiger partial charge < -0.3 is 26.4 Å². The summed E-state index contributed by atoms with van der Waals surface area (Å²) in [6.45, 7) is 9.18. The number of benzene rings is 1. The quantitative estimate of drug-likeness (QED) is 0.468. The Kier molecular flexibility index (Phi) is 6.06. The van der Waals surface area contributed by atoms with Gasteiger partial charge in [0.2, 0.25) is 17.8 Å². The number of ether oxygens (including phenoxy) is 1. The van der Waals surface area contributed by atoms with Crippen LogP contribution in [0.25, 0.3) is 0 Å². The summed E-state index contributed by atoms with van der Waals surface area (Å²) in [5.74, 6) is 2.46. The van der Waals surface area contributed by atoms with Gasteiger partial charge in [-0.3, -0.25) is 4.79 Å². The Balaban J connectivity index is 1.36. The van der Waals surface area contributed by atoms with Crippen molar-refractivity contribution in [1.82, 2.24) is 20.3 Å². The van der Waals surface area contributed by atoms with Gasteiger partial charge in [-0.2, -0.15) is 15.0 Å². The van der Waals surface area contributed by atoms with E-state index < -0.39 is 5.91 Å². The molecule has 2 bridgehead atoms. The monoisotopic (exact) mass is 465 g/mol. The molecule has 34 heavy (non-hydrogen) atoms. The van der Waals surface area contributed by atoms with E-state index in [2.05, 4.69) is 44.7 Å². The minimum atomic E-state index is -0.479. The van der Waals surface area contributed by atoms with Crippen LogP contribution in [0.3, 0.4) is 0 Å². The fraction of sp³-hybridized carbons (Fsp3) is 0.600. The van der Waals surface area contributed by atoms with Crippen LogP contribution in [-0.2, 0) is 0 Å². The van der Waals surface area contributed by atoms with Crippen molar-refractivity contribution in [2.45, 2.75) is 52.5 Å². The number of anilines is 3. The van der Waals surface area contributed by atoms with Crippen LogP contribution >= 0.6 is 0 Å². The molecule has 1 aromatic heterocycles. The molecule has 1 amide bonds. The minimum absolute atomic E-state index is 0.258. The molecule has 1 aromatic carbocycles. The summed E-state index contributed by atoms with van der Waals surface area (Å²) in [5.41, 5.74) is 7.96. The lowest BCUT2D eigenvalue weighted by Crippen LogP contribution is -2.53. The van der Waals surface area contributed by atoms with Gasteiger partial charge in [-0.15, -0.1) is 0 Å². The molecule has 3 saturated carbocycles. The van der Waals surface area contributed by atoms with E-state index in [4.69, 9.17) is 10.5 Å². The Morgan fingerprint density at radius 1 is 1.21 bits per heavy atom. The molecular formula is C25H35N7O2. The molecule has 5 N–H and O–H groups in total. The van der Waals surface area contributed by atoms with E-state index in [1.807, 2.05) is 13.0 Å². The van der Waals surface area contributed by atoms with Crippen LogP contribution in [0.5, 0.6) is 6.01 Å². The standard InChI is InChI=1S/C25H35N7O2/c1-14-4-5-15(21(26)33)10-20(14)29-23-30-22(28-18-8-9-27-12-18)31-24(32-23)34-13-16-6-7-17-11-19(16)25(17,2)3/h4-5,10,16-19,27H,6-9,11-13H2,1-3H3,(H2,26,33)(H2,28,29,30,31,32)/t16-,17?,18-,19-/m1/s1. The number of rotatable bonds is 8. The lowest BCUT2D eigenvalue weighted by atomic mass is 9.46. The normalized spacial score (nSPS) is 27.0. The van der Waals surface area contributed by atoms with E-state index in [0.29, 0.717) is 47.3 Å². The van der Waals surface area contributed by atoms with Gasteiger partial charge >= 0.3 is 6.01 Å². The zero-order valence-corrected chi connectivity index (χ0v) is 20.2. The van der Waals surface area contributed by atoms with Crippen LogP contribution < -0.4 is 26.4 Å². The van der Waals surface area contributed by atoms with Crippen molar-refractivity contribution in [2.24, 2.45) is 28.9 Å². The van der Waals surface area contributed by atoms with Crippen LogP contribution in [0.2, 0.25) is 0 Å². The van der Waals surface area contributed by atoms with E-state index in [9.17, 15) is 4.79 Å². The van der Waals surface area contributed by atoms with Gasteiger partial charge in [0.1, 0.15) is 0 Å². The molecule has 2 heterocycles. The second-order valence-corrected chi connectivity index (χ2v) is 10.6. The fourth-order valence-corrected chi connectivity index (χ4v) is 5.88.